The predicted octanol–water partition coefficient (Wildman–Crippen LogP) is 2.26. The van der Waals surface area contributed by atoms with E-state index in [-0.39, 0.29) is 51.0 Å². The van der Waals surface area contributed by atoms with Crippen molar-refractivity contribution in [3.8, 4) is 0 Å². The Morgan fingerprint density at radius 3 is 2.32 bits per heavy atom. The Bertz CT molecular complexity index is 1250. The minimum Gasteiger partial charge on any atom is -1.00 e. The van der Waals surface area contributed by atoms with E-state index in [2.05, 4.69) is 93.8 Å². The normalized spacial score (nSPS) is 17.2. The monoisotopic (exact) mass is 559 g/mol. The molecule has 0 fully saturated rings. The van der Waals surface area contributed by atoms with Gasteiger partial charge in [-0.2, -0.15) is 6.07 Å². The molecule has 1 radical (unpaired) electrons. The van der Waals surface area contributed by atoms with Crippen molar-refractivity contribution in [3.63, 3.8) is 0 Å². The van der Waals surface area contributed by atoms with Crippen LogP contribution in [0.3, 0.4) is 0 Å². The average Bonchev–Trinajstić information content (AvgIpc) is 3.38. The van der Waals surface area contributed by atoms with Crippen molar-refractivity contribution in [1.82, 2.24) is 0 Å². The van der Waals surface area contributed by atoms with Crippen LogP contribution in [-0.4, -0.2) is 8.07 Å². The van der Waals surface area contributed by atoms with E-state index in [0.29, 0.717) is 5.92 Å². The van der Waals surface area contributed by atoms with Gasteiger partial charge in [0.2, 0.25) is 0 Å². The van der Waals surface area contributed by atoms with Crippen molar-refractivity contribution in [2.45, 2.75) is 45.3 Å². The van der Waals surface area contributed by atoms with Crippen LogP contribution in [0.25, 0.3) is 26.7 Å². The second-order valence-corrected chi connectivity index (χ2v) is 14.6. The topological polar surface area (TPSA) is 0 Å². The number of hydrogen-bond donors (Lipinski definition) is 0. The summed E-state index contributed by atoms with van der Waals surface area (Å²) in [7, 11) is -0.972. The largest absolute Gasteiger partial charge is 3.00 e. The van der Waals surface area contributed by atoms with E-state index >= 15 is 0 Å². The molecule has 0 spiro atoms. The van der Waals surface area contributed by atoms with Gasteiger partial charge in [0, 0.05) is 10.4 Å². The maximum atomic E-state index is 2.51. The van der Waals surface area contributed by atoms with Gasteiger partial charge >= 0.3 is 26.2 Å². The van der Waals surface area contributed by atoms with E-state index in [4.69, 9.17) is 0 Å². The molecule has 0 N–H and O–H groups in total. The zero-order valence-electron chi connectivity index (χ0n) is 18.6. The molecule has 1 aliphatic carbocycles. The number of rotatable bonds is 1. The van der Waals surface area contributed by atoms with Crippen LogP contribution in [0.4, 0.5) is 0 Å². The summed E-state index contributed by atoms with van der Waals surface area (Å²) in [6, 6.07) is 20.0. The Balaban J connectivity index is 0.000000207. The zero-order valence-corrected chi connectivity index (χ0v) is 24.4. The van der Waals surface area contributed by atoms with Crippen LogP contribution < -0.4 is 24.8 Å². The van der Waals surface area contributed by atoms with Crippen LogP contribution in [0.5, 0.6) is 0 Å². The van der Waals surface area contributed by atoms with Gasteiger partial charge in [0.1, 0.15) is 0 Å². The van der Waals surface area contributed by atoms with Crippen molar-refractivity contribution in [2.24, 2.45) is 0 Å². The van der Waals surface area contributed by atoms with Crippen molar-refractivity contribution in [1.29, 1.82) is 0 Å². The third kappa shape index (κ3) is 4.11. The number of hydrogen-bond acceptors (Lipinski definition) is 1. The molecule has 159 valence electrons. The van der Waals surface area contributed by atoms with Crippen LogP contribution in [0.1, 0.15) is 48.2 Å². The summed E-state index contributed by atoms with van der Waals surface area (Å²) >= 11 is 1.96. The van der Waals surface area contributed by atoms with E-state index in [0.717, 1.165) is 5.54 Å². The molecular weight excluding hydrogens is 535 g/mol. The summed E-state index contributed by atoms with van der Waals surface area (Å²) in [5, 5.41) is 9.46. The number of fused-ring (bicyclic) bond motifs is 3. The Kier molecular flexibility index (Phi) is 8.38. The van der Waals surface area contributed by atoms with Gasteiger partial charge in [0.25, 0.3) is 0 Å². The van der Waals surface area contributed by atoms with E-state index in [1.54, 1.807) is 21.2 Å². The molecule has 5 heteroatoms. The van der Waals surface area contributed by atoms with Gasteiger partial charge in [0.05, 0.1) is 8.07 Å². The fourth-order valence-corrected chi connectivity index (χ4v) is 11.7. The molecule has 1 atom stereocenters. The van der Waals surface area contributed by atoms with Gasteiger partial charge in [-0.25, -0.2) is 0 Å². The molecule has 3 aromatic carbocycles. The molecule has 0 nitrogen and oxygen atoms in total. The van der Waals surface area contributed by atoms with Gasteiger partial charge in [-0.15, -0.1) is 39.8 Å². The Labute approximate surface area is 222 Å². The molecule has 3 aliphatic rings. The third-order valence-electron chi connectivity index (χ3n) is 6.72. The van der Waals surface area contributed by atoms with Crippen LogP contribution >= 0.6 is 11.3 Å². The minimum atomic E-state index is -0.972. The van der Waals surface area contributed by atoms with Crippen molar-refractivity contribution < 1.29 is 51.0 Å². The molecule has 2 aliphatic heterocycles. The van der Waals surface area contributed by atoms with Gasteiger partial charge in [-0.05, 0) is 35.2 Å². The second-order valence-electron chi connectivity index (χ2n) is 9.14. The quantitative estimate of drug-likeness (QED) is 0.247. The summed E-state index contributed by atoms with van der Waals surface area (Å²) in [4.78, 5) is 1.68. The molecule has 4 aromatic rings. The number of allylic oxidation sites excluding steroid dienone is 1. The first-order valence-electron chi connectivity index (χ1n) is 10.3. The SMILES string of the molecule is CC(C)c1cc2c(ccc3ccccc32)[cH-]1.CC1=C2c3ccsc3C1[Si]2(C)C.[Cl-].[Cl-].[Zr+3]. The maximum Gasteiger partial charge on any atom is 3.00 e. The molecule has 0 amide bonds. The molecule has 1 aromatic heterocycles. The summed E-state index contributed by atoms with van der Waals surface area (Å²) in [5.41, 5.74) is 5.63. The van der Waals surface area contributed by atoms with E-state index in [1.165, 1.54) is 27.1 Å². The number of halogens is 2. The first kappa shape index (κ1) is 26.7. The summed E-state index contributed by atoms with van der Waals surface area (Å²) < 4.78 is 0. The molecule has 1 unspecified atom stereocenters. The van der Waals surface area contributed by atoms with Crippen molar-refractivity contribution >= 4 is 46.2 Å². The van der Waals surface area contributed by atoms with Crippen LogP contribution in [-0.2, 0) is 26.2 Å². The van der Waals surface area contributed by atoms with E-state index < -0.39 is 8.07 Å². The van der Waals surface area contributed by atoms with E-state index in [9.17, 15) is 0 Å². The number of benzene rings is 2. The third-order valence-corrected chi connectivity index (χ3v) is 12.0. The Hall–Kier alpha value is -0.570. The fraction of sp³-hybridized carbons (Fsp3) is 0.269. The maximum absolute atomic E-state index is 2.51. The first-order valence-corrected chi connectivity index (χ1v) is 14.2. The smallest absolute Gasteiger partial charge is 1.00 e. The predicted molar refractivity (Wildman–Crippen MR) is 128 cm³/mol. The van der Waals surface area contributed by atoms with Gasteiger partial charge in [-0.1, -0.05) is 73.4 Å². The van der Waals surface area contributed by atoms with Crippen molar-refractivity contribution in [2.75, 3.05) is 0 Å². The average molecular weight is 562 g/mol. The summed E-state index contributed by atoms with van der Waals surface area (Å²) in [5.74, 6) is 0.603. The van der Waals surface area contributed by atoms with Crippen LogP contribution in [0.15, 0.2) is 65.6 Å². The Morgan fingerprint density at radius 2 is 1.68 bits per heavy atom. The van der Waals surface area contributed by atoms with Crippen LogP contribution in [0, 0.1) is 0 Å². The first-order chi connectivity index (χ1) is 13.4. The van der Waals surface area contributed by atoms with Gasteiger partial charge in [0.15, 0.2) is 0 Å². The van der Waals surface area contributed by atoms with Crippen LogP contribution in [0.2, 0.25) is 13.1 Å². The fourth-order valence-electron chi connectivity index (χ4n) is 5.42. The molecule has 3 heterocycles. The van der Waals surface area contributed by atoms with Crippen molar-refractivity contribution in [3.05, 3.63) is 81.6 Å². The minimum absolute atomic E-state index is 0. The zero-order chi connectivity index (χ0) is 19.6. The summed E-state index contributed by atoms with van der Waals surface area (Å²) in [6.45, 7) is 11.8. The molecule has 0 saturated heterocycles. The number of thiophene rings is 1. The summed E-state index contributed by atoms with van der Waals surface area (Å²) in [6.07, 6.45) is 0. The molecule has 0 saturated carbocycles. The van der Waals surface area contributed by atoms with Gasteiger partial charge in [-0.3, -0.25) is 0 Å². The molecular formula is C26H27Cl2SSiZr. The Morgan fingerprint density at radius 1 is 0.968 bits per heavy atom. The standard InChI is InChI=1S/C16H15.C10H12SSi.2ClH.Zr/c1-11(2)14-9-13-8-7-12-5-3-4-6-15(12)16(13)10-14;1-6-9-7-4-5-11-8(7)10(6)12(9,2)3;;;/h3-11H,1-2H3;4-5,10H,1-3H3;2*1H;/q-1;;;;+3/p-2. The molecule has 31 heavy (non-hydrogen) atoms. The molecule has 7 rings (SSSR count). The van der Waals surface area contributed by atoms with Gasteiger partial charge < -0.3 is 24.8 Å². The second kappa shape index (κ2) is 9.74. The molecule has 2 bridgehead atoms. The van der Waals surface area contributed by atoms with E-state index in [1.807, 2.05) is 11.3 Å².